The number of piperidine rings is 1. The lowest BCUT2D eigenvalue weighted by Gasteiger charge is -2.38. The Balaban J connectivity index is 1.42. The van der Waals surface area contributed by atoms with Gasteiger partial charge in [0.1, 0.15) is 0 Å². The van der Waals surface area contributed by atoms with E-state index in [1.165, 1.54) is 0 Å². The summed E-state index contributed by atoms with van der Waals surface area (Å²) in [7, 11) is 0. The van der Waals surface area contributed by atoms with E-state index in [1.54, 1.807) is 18.2 Å². The molecule has 0 aliphatic carbocycles. The van der Waals surface area contributed by atoms with Crippen LogP contribution in [0.5, 0.6) is 0 Å². The van der Waals surface area contributed by atoms with Crippen molar-refractivity contribution in [2.24, 2.45) is 0 Å². The SMILES string of the molecule is O=C1c2cc(-c3noc(C(F)(F)F)n3)ccc2CN1C1CCNC[C@@H]1c1ccc(Cl)cc1. The highest BCUT2D eigenvalue weighted by Gasteiger charge is 2.40. The van der Waals surface area contributed by atoms with Crippen LogP contribution in [0.3, 0.4) is 0 Å². The number of fused-ring (bicyclic) bond motifs is 1. The second kappa shape index (κ2) is 7.90. The first-order valence-electron chi connectivity index (χ1n) is 10.1. The standard InChI is InChI=1S/C22H18ClF3N4O2/c23-15-5-3-12(4-6-15)17-10-27-8-7-18(17)30-11-14-2-1-13(9-16(14)20(30)31)19-28-21(32-29-19)22(24,25)26/h1-6,9,17-18,27H,7-8,10-11H2/t17-,18?/m1/s1. The average Bonchev–Trinajstić information content (AvgIpc) is 3.40. The maximum Gasteiger partial charge on any atom is 0.471 e. The smallest absolute Gasteiger partial charge is 0.331 e. The van der Waals surface area contributed by atoms with Crippen molar-refractivity contribution < 1.29 is 22.5 Å². The first-order valence-corrected chi connectivity index (χ1v) is 10.5. The van der Waals surface area contributed by atoms with E-state index in [9.17, 15) is 18.0 Å². The first-order chi connectivity index (χ1) is 15.3. The van der Waals surface area contributed by atoms with Crippen LogP contribution < -0.4 is 5.32 Å². The van der Waals surface area contributed by atoms with E-state index in [0.29, 0.717) is 22.7 Å². The van der Waals surface area contributed by atoms with Gasteiger partial charge in [-0.1, -0.05) is 41.0 Å². The number of amides is 1. The summed E-state index contributed by atoms with van der Waals surface area (Å²) < 4.78 is 42.7. The van der Waals surface area contributed by atoms with Crippen molar-refractivity contribution in [1.82, 2.24) is 20.4 Å². The first kappa shape index (κ1) is 21.0. The largest absolute Gasteiger partial charge is 0.471 e. The van der Waals surface area contributed by atoms with Gasteiger partial charge in [0.25, 0.3) is 5.91 Å². The minimum atomic E-state index is -4.72. The lowest BCUT2D eigenvalue weighted by Crippen LogP contribution is -2.48. The molecular weight excluding hydrogens is 445 g/mol. The molecule has 6 nitrogen and oxygen atoms in total. The van der Waals surface area contributed by atoms with E-state index < -0.39 is 12.1 Å². The Morgan fingerprint density at radius 3 is 2.66 bits per heavy atom. The van der Waals surface area contributed by atoms with Gasteiger partial charge in [-0.05, 0) is 42.3 Å². The van der Waals surface area contributed by atoms with Gasteiger partial charge in [0.15, 0.2) is 0 Å². The third kappa shape index (κ3) is 3.75. The number of nitrogens with one attached hydrogen (secondary N) is 1. The Morgan fingerprint density at radius 2 is 1.94 bits per heavy atom. The summed E-state index contributed by atoms with van der Waals surface area (Å²) in [6.07, 6.45) is -3.93. The molecule has 3 aromatic rings. The Kier molecular flexibility index (Phi) is 5.17. The normalized spacial score (nSPS) is 21.1. The molecule has 2 aliphatic heterocycles. The molecule has 0 spiro atoms. The van der Waals surface area contributed by atoms with Crippen molar-refractivity contribution >= 4 is 17.5 Å². The van der Waals surface area contributed by atoms with Crippen LogP contribution >= 0.6 is 11.6 Å². The fourth-order valence-corrected chi connectivity index (χ4v) is 4.58. The number of carbonyl (C=O) groups is 1. The summed E-state index contributed by atoms with van der Waals surface area (Å²) in [4.78, 5) is 18.6. The van der Waals surface area contributed by atoms with Gasteiger partial charge in [0, 0.05) is 41.2 Å². The second-order valence-electron chi connectivity index (χ2n) is 7.94. The van der Waals surface area contributed by atoms with E-state index >= 15 is 0 Å². The highest BCUT2D eigenvalue weighted by molar-refractivity contribution is 6.30. The second-order valence-corrected chi connectivity index (χ2v) is 8.38. The summed E-state index contributed by atoms with van der Waals surface area (Å²) in [5.74, 6) is -1.66. The molecule has 0 bridgehead atoms. The number of alkyl halides is 3. The topological polar surface area (TPSA) is 71.3 Å². The molecule has 5 rings (SSSR count). The number of hydrogen-bond donors (Lipinski definition) is 1. The number of benzene rings is 2. The van der Waals surface area contributed by atoms with Gasteiger partial charge in [0.05, 0.1) is 0 Å². The van der Waals surface area contributed by atoms with Crippen LogP contribution in [0.15, 0.2) is 47.0 Å². The molecule has 1 saturated heterocycles. The maximum absolute atomic E-state index is 13.3. The Bertz CT molecular complexity index is 1160. The number of rotatable bonds is 3. The number of halogens is 4. The molecule has 2 aliphatic rings. The summed E-state index contributed by atoms with van der Waals surface area (Å²) >= 11 is 6.03. The van der Waals surface area contributed by atoms with E-state index in [0.717, 1.165) is 30.6 Å². The van der Waals surface area contributed by atoms with Gasteiger partial charge < -0.3 is 14.7 Å². The molecule has 1 fully saturated rings. The Labute approximate surface area is 186 Å². The molecular formula is C22H18ClF3N4O2. The third-order valence-corrected chi connectivity index (χ3v) is 6.26. The molecule has 0 radical (unpaired) electrons. The van der Waals surface area contributed by atoms with Crippen LogP contribution in [0.25, 0.3) is 11.4 Å². The van der Waals surface area contributed by atoms with Crippen LogP contribution in [0.4, 0.5) is 13.2 Å². The molecule has 1 unspecified atom stereocenters. The molecule has 0 saturated carbocycles. The minimum absolute atomic E-state index is 0.0113. The lowest BCUT2D eigenvalue weighted by atomic mass is 9.86. The van der Waals surface area contributed by atoms with E-state index in [-0.39, 0.29) is 23.7 Å². The number of hydrogen-bond acceptors (Lipinski definition) is 5. The quantitative estimate of drug-likeness (QED) is 0.620. The number of carbonyl (C=O) groups excluding carboxylic acids is 1. The predicted molar refractivity (Wildman–Crippen MR) is 110 cm³/mol. The predicted octanol–water partition coefficient (Wildman–Crippen LogP) is 4.51. The van der Waals surface area contributed by atoms with Gasteiger partial charge in [-0.15, -0.1) is 0 Å². The summed E-state index contributed by atoms with van der Waals surface area (Å²) in [5, 5.41) is 7.47. The molecule has 10 heteroatoms. The van der Waals surface area contributed by atoms with Crippen LogP contribution in [0, 0.1) is 0 Å². The van der Waals surface area contributed by atoms with Crippen molar-refractivity contribution in [3.63, 3.8) is 0 Å². The molecule has 1 N–H and O–H groups in total. The summed E-state index contributed by atoms with van der Waals surface area (Å²) in [5.41, 5.74) is 2.68. The fraction of sp³-hybridized carbons (Fsp3) is 0.318. The Hall–Kier alpha value is -2.91. The van der Waals surface area contributed by atoms with Gasteiger partial charge in [-0.3, -0.25) is 4.79 Å². The monoisotopic (exact) mass is 462 g/mol. The molecule has 1 amide bonds. The average molecular weight is 463 g/mol. The summed E-state index contributed by atoms with van der Waals surface area (Å²) in [6.45, 7) is 1.98. The van der Waals surface area contributed by atoms with Crippen molar-refractivity contribution in [3.05, 3.63) is 70.1 Å². The van der Waals surface area contributed by atoms with Crippen LogP contribution in [-0.4, -0.2) is 40.1 Å². The van der Waals surface area contributed by atoms with Gasteiger partial charge >= 0.3 is 12.1 Å². The van der Waals surface area contributed by atoms with Crippen LogP contribution in [-0.2, 0) is 12.7 Å². The molecule has 2 atom stereocenters. The van der Waals surface area contributed by atoms with Gasteiger partial charge in [0.2, 0.25) is 5.82 Å². The zero-order valence-electron chi connectivity index (χ0n) is 16.7. The molecule has 3 heterocycles. The third-order valence-electron chi connectivity index (χ3n) is 6.01. The number of aromatic nitrogens is 2. The van der Waals surface area contributed by atoms with E-state index in [2.05, 4.69) is 20.0 Å². The highest BCUT2D eigenvalue weighted by atomic mass is 35.5. The zero-order chi connectivity index (χ0) is 22.5. The lowest BCUT2D eigenvalue weighted by molar-refractivity contribution is -0.159. The van der Waals surface area contributed by atoms with Crippen molar-refractivity contribution in [1.29, 1.82) is 0 Å². The van der Waals surface area contributed by atoms with E-state index in [1.807, 2.05) is 29.2 Å². The molecule has 2 aromatic carbocycles. The summed E-state index contributed by atoms with van der Waals surface area (Å²) in [6, 6.07) is 12.5. The van der Waals surface area contributed by atoms with Crippen molar-refractivity contribution in [2.75, 3.05) is 13.1 Å². The fourth-order valence-electron chi connectivity index (χ4n) is 4.45. The maximum atomic E-state index is 13.3. The van der Waals surface area contributed by atoms with Gasteiger partial charge in [-0.25, -0.2) is 0 Å². The van der Waals surface area contributed by atoms with Crippen molar-refractivity contribution in [3.8, 4) is 11.4 Å². The molecule has 1 aromatic heterocycles. The van der Waals surface area contributed by atoms with Crippen molar-refractivity contribution in [2.45, 2.75) is 31.1 Å². The van der Waals surface area contributed by atoms with Crippen LogP contribution in [0.1, 0.15) is 39.7 Å². The minimum Gasteiger partial charge on any atom is -0.331 e. The zero-order valence-corrected chi connectivity index (χ0v) is 17.5. The Morgan fingerprint density at radius 1 is 1.16 bits per heavy atom. The molecule has 166 valence electrons. The van der Waals surface area contributed by atoms with E-state index in [4.69, 9.17) is 11.6 Å². The van der Waals surface area contributed by atoms with Crippen LogP contribution in [0.2, 0.25) is 5.02 Å². The number of nitrogens with zero attached hydrogens (tertiary/aromatic N) is 3. The molecule has 32 heavy (non-hydrogen) atoms. The highest BCUT2D eigenvalue weighted by Crippen LogP contribution is 2.36. The van der Waals surface area contributed by atoms with Gasteiger partial charge in [-0.2, -0.15) is 18.2 Å².